The Kier molecular flexibility index (Phi) is 5.33. The van der Waals surface area contributed by atoms with Gasteiger partial charge in [0.1, 0.15) is 5.69 Å². The van der Waals surface area contributed by atoms with Crippen LogP contribution in [0.1, 0.15) is 34.2 Å². The number of nitrogens with zero attached hydrogens (tertiary/aromatic N) is 3. The van der Waals surface area contributed by atoms with Gasteiger partial charge in [-0.3, -0.25) is 14.6 Å². The molecule has 4 rings (SSSR count). The fraction of sp³-hybridized carbons (Fsp3) is 0.217. The zero-order chi connectivity index (χ0) is 20.2. The lowest BCUT2D eigenvalue weighted by Gasteiger charge is -2.38. The summed E-state index contributed by atoms with van der Waals surface area (Å²) in [4.78, 5) is 35.6. The topological polar surface area (TPSA) is 75.2 Å². The first-order valence-electron chi connectivity index (χ1n) is 9.72. The van der Waals surface area contributed by atoms with Gasteiger partial charge in [0.25, 0.3) is 11.8 Å². The molecule has 0 saturated carbocycles. The van der Waals surface area contributed by atoms with Crippen LogP contribution in [-0.4, -0.2) is 39.8 Å². The molecule has 0 spiro atoms. The molecule has 6 heteroatoms. The Balaban J connectivity index is 1.52. The Morgan fingerprint density at radius 3 is 2.62 bits per heavy atom. The molecule has 0 atom stereocenters. The molecule has 3 aromatic rings. The lowest BCUT2D eigenvalue weighted by Crippen LogP contribution is -2.49. The molecule has 29 heavy (non-hydrogen) atoms. The average Bonchev–Trinajstić information content (AvgIpc) is 2.74. The first kappa shape index (κ1) is 18.8. The van der Waals surface area contributed by atoms with Crippen LogP contribution < -0.4 is 5.32 Å². The molecule has 2 heterocycles. The number of rotatable bonds is 5. The number of carbonyl (C=O) groups is 2. The maximum absolute atomic E-state index is 12.7. The highest BCUT2D eigenvalue weighted by molar-refractivity contribution is 6.03. The van der Waals surface area contributed by atoms with Gasteiger partial charge in [-0.2, -0.15) is 0 Å². The highest BCUT2D eigenvalue weighted by Gasteiger charge is 2.29. The maximum Gasteiger partial charge on any atom is 0.275 e. The van der Waals surface area contributed by atoms with Gasteiger partial charge in [-0.25, -0.2) is 4.98 Å². The van der Waals surface area contributed by atoms with Gasteiger partial charge in [0.2, 0.25) is 0 Å². The Labute approximate surface area is 169 Å². The predicted octanol–water partition coefficient (Wildman–Crippen LogP) is 3.88. The summed E-state index contributed by atoms with van der Waals surface area (Å²) in [7, 11) is 0. The SMILES string of the molecule is CCC1CN(C(=O)c2cccc(-c3cncc(C(=O)Nc4ccccc4)n3)c2)C1. The van der Waals surface area contributed by atoms with Gasteiger partial charge in [0, 0.05) is 29.9 Å². The molecule has 2 aromatic carbocycles. The van der Waals surface area contributed by atoms with Gasteiger partial charge >= 0.3 is 0 Å². The molecule has 146 valence electrons. The third kappa shape index (κ3) is 4.16. The summed E-state index contributed by atoms with van der Waals surface area (Å²) in [5.74, 6) is 0.305. The smallest absolute Gasteiger partial charge is 0.275 e. The molecule has 0 aliphatic carbocycles. The average molecular weight is 386 g/mol. The van der Waals surface area contributed by atoms with E-state index in [0.717, 1.165) is 25.1 Å². The number of hydrogen-bond acceptors (Lipinski definition) is 4. The molecule has 1 N–H and O–H groups in total. The van der Waals surface area contributed by atoms with E-state index >= 15 is 0 Å². The summed E-state index contributed by atoms with van der Waals surface area (Å²) in [5, 5.41) is 2.80. The number of anilines is 1. The molecule has 0 bridgehead atoms. The molecule has 1 fully saturated rings. The van der Waals surface area contributed by atoms with Gasteiger partial charge in [-0.1, -0.05) is 37.3 Å². The number of hydrogen-bond donors (Lipinski definition) is 1. The largest absolute Gasteiger partial charge is 0.338 e. The Morgan fingerprint density at radius 1 is 1.07 bits per heavy atom. The first-order chi connectivity index (χ1) is 14.1. The van der Waals surface area contributed by atoms with Crippen molar-refractivity contribution in [2.24, 2.45) is 5.92 Å². The quantitative estimate of drug-likeness (QED) is 0.722. The van der Waals surface area contributed by atoms with Crippen molar-refractivity contribution in [3.05, 3.63) is 78.2 Å². The van der Waals surface area contributed by atoms with Gasteiger partial charge in [0.15, 0.2) is 0 Å². The van der Waals surface area contributed by atoms with E-state index in [-0.39, 0.29) is 17.5 Å². The van der Waals surface area contributed by atoms with Crippen LogP contribution in [0.15, 0.2) is 67.0 Å². The van der Waals surface area contributed by atoms with Crippen LogP contribution in [0.3, 0.4) is 0 Å². The van der Waals surface area contributed by atoms with Crippen molar-refractivity contribution < 1.29 is 9.59 Å². The predicted molar refractivity (Wildman–Crippen MR) is 112 cm³/mol. The third-order valence-electron chi connectivity index (χ3n) is 5.13. The fourth-order valence-electron chi connectivity index (χ4n) is 3.32. The van der Waals surface area contributed by atoms with E-state index in [1.54, 1.807) is 6.20 Å². The van der Waals surface area contributed by atoms with Crippen LogP contribution in [0, 0.1) is 5.92 Å². The number of aromatic nitrogens is 2. The molecular formula is C23H22N4O2. The molecule has 1 aliphatic heterocycles. The standard InChI is InChI=1S/C23H22N4O2/c1-2-16-14-27(15-16)23(29)18-8-6-7-17(11-18)20-12-24-13-21(26-20)22(28)25-19-9-4-3-5-10-19/h3-13,16H,2,14-15H2,1H3,(H,25,28). The van der Waals surface area contributed by atoms with Crippen molar-refractivity contribution in [1.82, 2.24) is 14.9 Å². The Bertz CT molecular complexity index is 1030. The summed E-state index contributed by atoms with van der Waals surface area (Å²) in [5.41, 5.74) is 2.84. The minimum Gasteiger partial charge on any atom is -0.338 e. The second kappa shape index (κ2) is 8.22. The van der Waals surface area contributed by atoms with Crippen molar-refractivity contribution >= 4 is 17.5 Å². The number of carbonyl (C=O) groups excluding carboxylic acids is 2. The molecule has 1 aromatic heterocycles. The number of nitrogens with one attached hydrogen (secondary N) is 1. The fourth-order valence-corrected chi connectivity index (χ4v) is 3.32. The summed E-state index contributed by atoms with van der Waals surface area (Å²) in [6, 6.07) is 16.5. The number of para-hydroxylation sites is 1. The Morgan fingerprint density at radius 2 is 1.86 bits per heavy atom. The van der Waals surface area contributed by atoms with Crippen molar-refractivity contribution in [2.75, 3.05) is 18.4 Å². The highest BCUT2D eigenvalue weighted by Crippen LogP contribution is 2.24. The van der Waals surface area contributed by atoms with E-state index in [1.165, 1.54) is 6.20 Å². The number of amides is 2. The summed E-state index contributed by atoms with van der Waals surface area (Å²) in [6.07, 6.45) is 4.12. The van der Waals surface area contributed by atoms with Gasteiger partial charge in [-0.05, 0) is 36.6 Å². The van der Waals surface area contributed by atoms with E-state index in [2.05, 4.69) is 22.2 Å². The molecule has 0 unspecified atom stereocenters. The van der Waals surface area contributed by atoms with Crippen LogP contribution in [0.2, 0.25) is 0 Å². The van der Waals surface area contributed by atoms with Crippen LogP contribution >= 0.6 is 0 Å². The number of benzene rings is 2. The molecule has 1 saturated heterocycles. The van der Waals surface area contributed by atoms with Gasteiger partial charge in [-0.15, -0.1) is 0 Å². The monoisotopic (exact) mass is 386 g/mol. The maximum atomic E-state index is 12.7. The van der Waals surface area contributed by atoms with E-state index in [1.807, 2.05) is 59.5 Å². The normalized spacial score (nSPS) is 13.6. The summed E-state index contributed by atoms with van der Waals surface area (Å²) < 4.78 is 0. The van der Waals surface area contributed by atoms with Gasteiger partial charge < -0.3 is 10.2 Å². The minimum atomic E-state index is -0.330. The zero-order valence-electron chi connectivity index (χ0n) is 16.2. The third-order valence-corrected chi connectivity index (χ3v) is 5.13. The van der Waals surface area contributed by atoms with E-state index in [9.17, 15) is 9.59 Å². The minimum absolute atomic E-state index is 0.0301. The zero-order valence-corrected chi connectivity index (χ0v) is 16.2. The van der Waals surface area contributed by atoms with Crippen molar-refractivity contribution in [1.29, 1.82) is 0 Å². The molecule has 2 amide bonds. The second-order valence-corrected chi connectivity index (χ2v) is 7.17. The van der Waals surface area contributed by atoms with Crippen molar-refractivity contribution in [2.45, 2.75) is 13.3 Å². The van der Waals surface area contributed by atoms with E-state index < -0.39 is 0 Å². The lowest BCUT2D eigenvalue weighted by molar-refractivity contribution is 0.0494. The van der Waals surface area contributed by atoms with E-state index in [4.69, 9.17) is 0 Å². The highest BCUT2D eigenvalue weighted by atomic mass is 16.2. The molecular weight excluding hydrogens is 364 g/mol. The lowest BCUT2D eigenvalue weighted by atomic mass is 9.96. The van der Waals surface area contributed by atoms with Crippen LogP contribution in [-0.2, 0) is 0 Å². The van der Waals surface area contributed by atoms with Crippen molar-refractivity contribution in [3.8, 4) is 11.3 Å². The summed E-state index contributed by atoms with van der Waals surface area (Å²) >= 11 is 0. The van der Waals surface area contributed by atoms with Crippen LogP contribution in [0.5, 0.6) is 0 Å². The first-order valence-corrected chi connectivity index (χ1v) is 9.72. The summed E-state index contributed by atoms with van der Waals surface area (Å²) in [6.45, 7) is 3.77. The Hall–Kier alpha value is -3.54. The molecule has 6 nitrogen and oxygen atoms in total. The van der Waals surface area contributed by atoms with Crippen LogP contribution in [0.25, 0.3) is 11.3 Å². The molecule has 1 aliphatic rings. The molecule has 0 radical (unpaired) electrons. The van der Waals surface area contributed by atoms with E-state index in [0.29, 0.717) is 22.9 Å². The van der Waals surface area contributed by atoms with Crippen molar-refractivity contribution in [3.63, 3.8) is 0 Å². The van der Waals surface area contributed by atoms with Gasteiger partial charge in [0.05, 0.1) is 18.1 Å². The number of likely N-dealkylation sites (tertiary alicyclic amines) is 1. The van der Waals surface area contributed by atoms with Crippen LogP contribution in [0.4, 0.5) is 5.69 Å². The second-order valence-electron chi connectivity index (χ2n) is 7.17.